The lowest BCUT2D eigenvalue weighted by Gasteiger charge is -2.15. The molecule has 1 amide bonds. The van der Waals surface area contributed by atoms with Crippen molar-refractivity contribution in [3.63, 3.8) is 0 Å². The molecular formula is C13H16F2N2O. The van der Waals surface area contributed by atoms with Crippen LogP contribution in [0.1, 0.15) is 19.3 Å². The summed E-state index contributed by atoms with van der Waals surface area (Å²) in [6.45, 7) is 2.01. The zero-order valence-corrected chi connectivity index (χ0v) is 10.1. The Morgan fingerprint density at radius 1 is 1.28 bits per heavy atom. The molecule has 3 nitrogen and oxygen atoms in total. The van der Waals surface area contributed by atoms with Crippen molar-refractivity contribution >= 4 is 11.6 Å². The fraction of sp³-hybridized carbons (Fsp3) is 0.462. The van der Waals surface area contributed by atoms with E-state index in [0.29, 0.717) is 13.0 Å². The smallest absolute Gasteiger partial charge is 0.224 e. The molecule has 0 spiro atoms. The van der Waals surface area contributed by atoms with Crippen LogP contribution in [0.4, 0.5) is 14.5 Å². The molecule has 5 heteroatoms. The summed E-state index contributed by atoms with van der Waals surface area (Å²) in [5, 5.41) is 2.81. The van der Waals surface area contributed by atoms with Gasteiger partial charge >= 0.3 is 0 Å². The molecule has 1 saturated heterocycles. The summed E-state index contributed by atoms with van der Waals surface area (Å²) in [6, 6.07) is 3.35. The molecule has 1 N–H and O–H groups in total. The summed E-state index contributed by atoms with van der Waals surface area (Å²) >= 11 is 0. The Bertz CT molecular complexity index is 431. The highest BCUT2D eigenvalue weighted by Crippen LogP contribution is 2.15. The van der Waals surface area contributed by atoms with E-state index in [1.165, 1.54) is 12.1 Å². The topological polar surface area (TPSA) is 32.3 Å². The van der Waals surface area contributed by atoms with Crippen molar-refractivity contribution in [1.29, 1.82) is 0 Å². The standard InChI is InChI=1S/C13H16F2N2O/c14-10-3-4-12(11(15)9-10)16-6-5-13(18)17-7-1-2-8-17/h3-4,9,16H,1-2,5-8H2. The van der Waals surface area contributed by atoms with Crippen LogP contribution in [0.3, 0.4) is 0 Å². The van der Waals surface area contributed by atoms with Crippen LogP contribution in [0.15, 0.2) is 18.2 Å². The van der Waals surface area contributed by atoms with Gasteiger partial charge in [0.25, 0.3) is 0 Å². The number of anilines is 1. The van der Waals surface area contributed by atoms with Gasteiger partial charge in [-0.2, -0.15) is 0 Å². The van der Waals surface area contributed by atoms with E-state index < -0.39 is 11.6 Å². The Morgan fingerprint density at radius 2 is 2.00 bits per heavy atom. The molecule has 1 heterocycles. The van der Waals surface area contributed by atoms with Crippen LogP contribution in [0, 0.1) is 11.6 Å². The number of likely N-dealkylation sites (tertiary alicyclic amines) is 1. The monoisotopic (exact) mass is 254 g/mol. The van der Waals surface area contributed by atoms with Crippen LogP contribution in [0.2, 0.25) is 0 Å². The van der Waals surface area contributed by atoms with Gasteiger partial charge in [0, 0.05) is 32.1 Å². The normalized spacial score (nSPS) is 14.9. The van der Waals surface area contributed by atoms with E-state index >= 15 is 0 Å². The second-order valence-electron chi connectivity index (χ2n) is 4.39. The molecule has 0 bridgehead atoms. The number of rotatable bonds is 4. The minimum absolute atomic E-state index is 0.0857. The predicted molar refractivity (Wildman–Crippen MR) is 65.3 cm³/mol. The van der Waals surface area contributed by atoms with Crippen molar-refractivity contribution in [2.75, 3.05) is 25.0 Å². The first-order valence-electron chi connectivity index (χ1n) is 6.13. The number of nitrogens with one attached hydrogen (secondary N) is 1. The third kappa shape index (κ3) is 3.18. The van der Waals surface area contributed by atoms with Crippen LogP contribution in [-0.2, 0) is 4.79 Å². The lowest BCUT2D eigenvalue weighted by atomic mass is 10.3. The second kappa shape index (κ2) is 5.80. The van der Waals surface area contributed by atoms with Crippen molar-refractivity contribution in [1.82, 2.24) is 4.90 Å². The lowest BCUT2D eigenvalue weighted by Crippen LogP contribution is -2.29. The molecule has 0 atom stereocenters. The largest absolute Gasteiger partial charge is 0.382 e. The highest BCUT2D eigenvalue weighted by Gasteiger charge is 2.17. The molecule has 0 aromatic heterocycles. The van der Waals surface area contributed by atoms with Crippen LogP contribution >= 0.6 is 0 Å². The maximum Gasteiger partial charge on any atom is 0.224 e. The first-order valence-corrected chi connectivity index (χ1v) is 6.13. The van der Waals surface area contributed by atoms with E-state index in [1.54, 1.807) is 0 Å². The first-order chi connectivity index (χ1) is 8.66. The fourth-order valence-electron chi connectivity index (χ4n) is 2.06. The number of carbonyl (C=O) groups excluding carboxylic acids is 1. The Labute approximate surface area is 105 Å². The zero-order chi connectivity index (χ0) is 13.0. The highest BCUT2D eigenvalue weighted by molar-refractivity contribution is 5.77. The van der Waals surface area contributed by atoms with Gasteiger partial charge in [-0.25, -0.2) is 8.78 Å². The quantitative estimate of drug-likeness (QED) is 0.894. The number of carbonyl (C=O) groups is 1. The summed E-state index contributed by atoms with van der Waals surface area (Å²) in [5.41, 5.74) is 0.227. The van der Waals surface area contributed by atoms with E-state index in [9.17, 15) is 13.6 Å². The Balaban J connectivity index is 1.79. The molecule has 18 heavy (non-hydrogen) atoms. The van der Waals surface area contributed by atoms with Gasteiger partial charge < -0.3 is 10.2 Å². The number of benzene rings is 1. The van der Waals surface area contributed by atoms with Gasteiger partial charge in [-0.3, -0.25) is 4.79 Å². The average Bonchev–Trinajstić information content (AvgIpc) is 2.85. The summed E-state index contributed by atoms with van der Waals surface area (Å²) in [5.74, 6) is -1.16. The van der Waals surface area contributed by atoms with Crippen molar-refractivity contribution in [2.45, 2.75) is 19.3 Å². The van der Waals surface area contributed by atoms with E-state index in [2.05, 4.69) is 5.32 Å². The summed E-state index contributed by atoms with van der Waals surface area (Å²) in [7, 11) is 0. The van der Waals surface area contributed by atoms with Crippen molar-refractivity contribution in [3.05, 3.63) is 29.8 Å². The molecule has 1 aromatic rings. The Hall–Kier alpha value is -1.65. The molecule has 1 aliphatic rings. The molecule has 0 saturated carbocycles. The fourth-order valence-corrected chi connectivity index (χ4v) is 2.06. The molecule has 0 aliphatic carbocycles. The summed E-state index contributed by atoms with van der Waals surface area (Å²) < 4.78 is 26.0. The van der Waals surface area contributed by atoms with Crippen LogP contribution in [0.5, 0.6) is 0 Å². The van der Waals surface area contributed by atoms with E-state index in [1.807, 2.05) is 4.90 Å². The average molecular weight is 254 g/mol. The molecule has 1 aromatic carbocycles. The Morgan fingerprint density at radius 3 is 2.67 bits per heavy atom. The molecule has 1 fully saturated rings. The van der Waals surface area contributed by atoms with Gasteiger partial charge in [-0.15, -0.1) is 0 Å². The number of hydrogen-bond acceptors (Lipinski definition) is 2. The highest BCUT2D eigenvalue weighted by atomic mass is 19.1. The van der Waals surface area contributed by atoms with Crippen LogP contribution in [0.25, 0.3) is 0 Å². The Kier molecular flexibility index (Phi) is 4.12. The van der Waals surface area contributed by atoms with Crippen molar-refractivity contribution in [3.8, 4) is 0 Å². The van der Waals surface area contributed by atoms with Crippen molar-refractivity contribution < 1.29 is 13.6 Å². The third-order valence-corrected chi connectivity index (χ3v) is 3.04. The van der Waals surface area contributed by atoms with E-state index in [-0.39, 0.29) is 11.6 Å². The van der Waals surface area contributed by atoms with Gasteiger partial charge in [0.05, 0.1) is 5.69 Å². The molecule has 0 unspecified atom stereocenters. The lowest BCUT2D eigenvalue weighted by molar-refractivity contribution is -0.129. The molecule has 98 valence electrons. The summed E-state index contributed by atoms with van der Waals surface area (Å²) in [4.78, 5) is 13.5. The minimum atomic E-state index is -0.636. The number of halogens is 2. The first kappa shape index (κ1) is 12.8. The number of amides is 1. The molecule has 0 radical (unpaired) electrons. The number of hydrogen-bond donors (Lipinski definition) is 1. The molecular weight excluding hydrogens is 238 g/mol. The maximum absolute atomic E-state index is 13.3. The maximum atomic E-state index is 13.3. The van der Waals surface area contributed by atoms with Crippen molar-refractivity contribution in [2.24, 2.45) is 0 Å². The minimum Gasteiger partial charge on any atom is -0.382 e. The van der Waals surface area contributed by atoms with Gasteiger partial charge in [-0.1, -0.05) is 0 Å². The summed E-state index contributed by atoms with van der Waals surface area (Å²) in [6.07, 6.45) is 2.45. The zero-order valence-electron chi connectivity index (χ0n) is 10.1. The second-order valence-corrected chi connectivity index (χ2v) is 4.39. The van der Waals surface area contributed by atoms with E-state index in [4.69, 9.17) is 0 Å². The van der Waals surface area contributed by atoms with E-state index in [0.717, 1.165) is 32.0 Å². The van der Waals surface area contributed by atoms with Gasteiger partial charge in [0.2, 0.25) is 5.91 Å². The predicted octanol–water partition coefficient (Wildman–Crippen LogP) is 2.39. The number of nitrogens with zero attached hydrogens (tertiary/aromatic N) is 1. The third-order valence-electron chi connectivity index (χ3n) is 3.04. The SMILES string of the molecule is O=C(CCNc1ccc(F)cc1F)N1CCCC1. The van der Waals surface area contributed by atoms with Gasteiger partial charge in [0.1, 0.15) is 11.6 Å². The van der Waals surface area contributed by atoms with Gasteiger partial charge in [0.15, 0.2) is 0 Å². The molecule has 1 aliphatic heterocycles. The van der Waals surface area contributed by atoms with Crippen LogP contribution in [-0.4, -0.2) is 30.4 Å². The van der Waals surface area contributed by atoms with Gasteiger partial charge in [-0.05, 0) is 25.0 Å². The molecule has 2 rings (SSSR count). The van der Waals surface area contributed by atoms with Crippen LogP contribution < -0.4 is 5.32 Å².